The van der Waals surface area contributed by atoms with Crippen molar-refractivity contribution in [3.05, 3.63) is 82.9 Å². The third-order valence-corrected chi connectivity index (χ3v) is 5.56. The van der Waals surface area contributed by atoms with Gasteiger partial charge in [-0.05, 0) is 56.5 Å². The number of para-hydroxylation sites is 1. The van der Waals surface area contributed by atoms with E-state index in [0.717, 1.165) is 24.2 Å². The van der Waals surface area contributed by atoms with E-state index in [0.29, 0.717) is 12.3 Å². The third-order valence-electron chi connectivity index (χ3n) is 4.43. The van der Waals surface area contributed by atoms with E-state index in [1.807, 2.05) is 16.8 Å². The van der Waals surface area contributed by atoms with Crippen LogP contribution in [0.5, 0.6) is 0 Å². The number of aromatic nitrogens is 2. The zero-order chi connectivity index (χ0) is 21.9. The van der Waals surface area contributed by atoms with Crippen molar-refractivity contribution in [1.29, 1.82) is 0 Å². The van der Waals surface area contributed by atoms with E-state index in [2.05, 4.69) is 73.6 Å². The van der Waals surface area contributed by atoms with E-state index in [-0.39, 0.29) is 6.61 Å². The molecule has 0 atom stereocenters. The van der Waals surface area contributed by atoms with Gasteiger partial charge in [0.15, 0.2) is 0 Å². The van der Waals surface area contributed by atoms with Crippen molar-refractivity contribution in [2.45, 2.75) is 40.2 Å². The number of rotatable bonds is 8. The molecule has 4 nitrogen and oxygen atoms in total. The lowest BCUT2D eigenvalue weighted by Crippen LogP contribution is -2.02. The Labute approximate surface area is 184 Å². The molecule has 2 heterocycles. The molecule has 1 N–H and O–H groups in total. The molecule has 30 heavy (non-hydrogen) atoms. The molecule has 0 aliphatic rings. The van der Waals surface area contributed by atoms with Crippen molar-refractivity contribution in [2.24, 2.45) is 0 Å². The van der Waals surface area contributed by atoms with Crippen LogP contribution in [-0.2, 0) is 24.2 Å². The first-order valence-corrected chi connectivity index (χ1v) is 11.0. The minimum Gasteiger partial charge on any atom is -0.390 e. The SMILES string of the molecule is C=CCOC.CCc1ccccc1-n1nc(CO)cc1-c1ccc(CC=C(C)C)s1. The molecule has 0 amide bonds. The molecular formula is C25H32N2O2S. The Balaban J connectivity index is 0.000000575. The summed E-state index contributed by atoms with van der Waals surface area (Å²) in [5.74, 6) is 0. The minimum atomic E-state index is -0.0513. The van der Waals surface area contributed by atoms with Gasteiger partial charge in [-0.3, -0.25) is 0 Å². The van der Waals surface area contributed by atoms with Crippen molar-refractivity contribution >= 4 is 11.3 Å². The van der Waals surface area contributed by atoms with Gasteiger partial charge in [-0.2, -0.15) is 5.10 Å². The molecular weight excluding hydrogens is 392 g/mol. The van der Waals surface area contributed by atoms with Crippen LogP contribution in [0.3, 0.4) is 0 Å². The molecule has 3 rings (SSSR count). The first-order chi connectivity index (χ1) is 14.5. The lowest BCUT2D eigenvalue weighted by molar-refractivity contribution is 0.234. The van der Waals surface area contributed by atoms with Gasteiger partial charge in [0.05, 0.1) is 35.2 Å². The van der Waals surface area contributed by atoms with Crippen LogP contribution in [-0.4, -0.2) is 28.6 Å². The summed E-state index contributed by atoms with van der Waals surface area (Å²) in [6.07, 6.45) is 5.86. The normalized spacial score (nSPS) is 10.3. The molecule has 0 radical (unpaired) electrons. The smallest absolute Gasteiger partial charge is 0.0890 e. The van der Waals surface area contributed by atoms with Gasteiger partial charge in [-0.1, -0.05) is 42.8 Å². The highest BCUT2D eigenvalue weighted by atomic mass is 32.1. The van der Waals surface area contributed by atoms with Crippen LogP contribution >= 0.6 is 11.3 Å². The maximum Gasteiger partial charge on any atom is 0.0890 e. The number of aryl methyl sites for hydroxylation is 1. The molecule has 1 aromatic carbocycles. The fourth-order valence-electron chi connectivity index (χ4n) is 2.93. The molecule has 0 fully saturated rings. The maximum atomic E-state index is 9.57. The average Bonchev–Trinajstić information content (AvgIpc) is 3.40. The highest BCUT2D eigenvalue weighted by molar-refractivity contribution is 7.15. The number of methoxy groups -OCH3 is 1. The van der Waals surface area contributed by atoms with Gasteiger partial charge >= 0.3 is 0 Å². The summed E-state index contributed by atoms with van der Waals surface area (Å²) in [5, 5.41) is 14.2. The topological polar surface area (TPSA) is 47.3 Å². The minimum absolute atomic E-state index is 0.0513. The van der Waals surface area contributed by atoms with Gasteiger partial charge in [0.2, 0.25) is 0 Å². The Bertz CT molecular complexity index is 965. The van der Waals surface area contributed by atoms with Crippen LogP contribution in [0.4, 0.5) is 0 Å². The van der Waals surface area contributed by atoms with Gasteiger partial charge in [0.1, 0.15) is 0 Å². The summed E-state index contributed by atoms with van der Waals surface area (Å²) in [4.78, 5) is 2.51. The van der Waals surface area contributed by atoms with Crippen molar-refractivity contribution in [3.63, 3.8) is 0 Å². The van der Waals surface area contributed by atoms with Crippen molar-refractivity contribution in [1.82, 2.24) is 9.78 Å². The summed E-state index contributed by atoms with van der Waals surface area (Å²) in [6.45, 7) is 10.4. The Morgan fingerprint density at radius 1 is 1.23 bits per heavy atom. The van der Waals surface area contributed by atoms with Gasteiger partial charge in [-0.15, -0.1) is 17.9 Å². The summed E-state index contributed by atoms with van der Waals surface area (Å²) in [5.41, 5.74) is 5.40. The second-order valence-electron chi connectivity index (χ2n) is 7.07. The first-order valence-electron chi connectivity index (χ1n) is 10.1. The van der Waals surface area contributed by atoms with Gasteiger partial charge in [0, 0.05) is 12.0 Å². The zero-order valence-corrected chi connectivity index (χ0v) is 19.2. The lowest BCUT2D eigenvalue weighted by Gasteiger charge is -2.10. The quantitative estimate of drug-likeness (QED) is 0.452. The highest BCUT2D eigenvalue weighted by Crippen LogP contribution is 2.32. The Morgan fingerprint density at radius 3 is 2.60 bits per heavy atom. The van der Waals surface area contributed by atoms with E-state index in [9.17, 15) is 5.11 Å². The number of aliphatic hydroxyl groups is 1. The number of ether oxygens (including phenoxy) is 1. The first kappa shape index (κ1) is 23.8. The number of nitrogens with zero attached hydrogens (tertiary/aromatic N) is 2. The van der Waals surface area contributed by atoms with E-state index in [4.69, 9.17) is 0 Å². The molecule has 0 aliphatic heterocycles. The predicted octanol–water partition coefficient (Wildman–Crippen LogP) is 5.98. The predicted molar refractivity (Wildman–Crippen MR) is 127 cm³/mol. The fourth-order valence-corrected chi connectivity index (χ4v) is 3.90. The number of thiophene rings is 1. The maximum absolute atomic E-state index is 9.57. The van der Waals surface area contributed by atoms with E-state index in [1.165, 1.54) is 20.9 Å². The summed E-state index contributed by atoms with van der Waals surface area (Å²) in [7, 11) is 1.64. The number of hydrogen-bond acceptors (Lipinski definition) is 4. The van der Waals surface area contributed by atoms with Crippen LogP contribution in [0.15, 0.2) is 66.8 Å². The Kier molecular flexibility index (Phi) is 9.74. The molecule has 0 saturated carbocycles. The molecule has 0 bridgehead atoms. The van der Waals surface area contributed by atoms with Crippen LogP contribution < -0.4 is 0 Å². The van der Waals surface area contributed by atoms with E-state index in [1.54, 1.807) is 24.5 Å². The van der Waals surface area contributed by atoms with Crippen LogP contribution in [0.1, 0.15) is 36.9 Å². The van der Waals surface area contributed by atoms with Gasteiger partial charge in [-0.25, -0.2) is 4.68 Å². The zero-order valence-electron chi connectivity index (χ0n) is 18.4. The average molecular weight is 425 g/mol. The molecule has 160 valence electrons. The summed E-state index contributed by atoms with van der Waals surface area (Å²) < 4.78 is 6.55. The van der Waals surface area contributed by atoms with E-state index < -0.39 is 0 Å². The Hall–Kier alpha value is -2.47. The number of allylic oxidation sites excluding steroid dienone is 2. The van der Waals surface area contributed by atoms with Crippen LogP contribution in [0.25, 0.3) is 16.3 Å². The summed E-state index contributed by atoms with van der Waals surface area (Å²) in [6, 6.07) is 14.6. The second-order valence-corrected chi connectivity index (χ2v) is 8.24. The largest absolute Gasteiger partial charge is 0.390 e. The molecule has 5 heteroatoms. The monoisotopic (exact) mass is 424 g/mol. The molecule has 0 spiro atoms. The lowest BCUT2D eigenvalue weighted by atomic mass is 10.1. The van der Waals surface area contributed by atoms with Crippen molar-refractivity contribution < 1.29 is 9.84 Å². The molecule has 2 aromatic heterocycles. The van der Waals surface area contributed by atoms with Crippen LogP contribution in [0, 0.1) is 0 Å². The van der Waals surface area contributed by atoms with Crippen molar-refractivity contribution in [3.8, 4) is 16.3 Å². The second kappa shape index (κ2) is 12.3. The van der Waals surface area contributed by atoms with Crippen molar-refractivity contribution in [2.75, 3.05) is 13.7 Å². The van der Waals surface area contributed by atoms with Gasteiger partial charge in [0.25, 0.3) is 0 Å². The fraction of sp³-hybridized carbons (Fsp3) is 0.320. The molecule has 0 saturated heterocycles. The van der Waals surface area contributed by atoms with E-state index >= 15 is 0 Å². The molecule has 3 aromatic rings. The Morgan fingerprint density at radius 2 is 2.00 bits per heavy atom. The number of benzene rings is 1. The number of aliphatic hydroxyl groups excluding tert-OH is 1. The molecule has 0 unspecified atom stereocenters. The number of hydrogen-bond donors (Lipinski definition) is 1. The summed E-state index contributed by atoms with van der Waals surface area (Å²) >= 11 is 1.79. The molecule has 0 aliphatic carbocycles. The standard InChI is InChI=1S/C21H24N2OS.C4H8O/c1-4-16-7-5-6-8-19(16)23-20(13-17(14-24)22-23)21-12-11-18(25-21)10-9-15(2)3;1-3-4-5-2/h5-9,11-13,24H,4,10,14H2,1-3H3;3H,1,4H2,2H3. The third kappa shape index (κ3) is 6.52. The van der Waals surface area contributed by atoms with Gasteiger partial charge < -0.3 is 9.84 Å². The highest BCUT2D eigenvalue weighted by Gasteiger charge is 2.15. The van der Waals surface area contributed by atoms with Crippen LogP contribution in [0.2, 0.25) is 0 Å².